The molecular weight excluding hydrogens is 598 g/mol. The number of nitrogen functional groups attached to an aromatic ring is 1. The first-order valence-electron chi connectivity index (χ1n) is 11.0. The minimum absolute atomic E-state index is 0.00676. The van der Waals surface area contributed by atoms with Crippen molar-refractivity contribution in [1.29, 1.82) is 0 Å². The van der Waals surface area contributed by atoms with E-state index < -0.39 is 29.5 Å². The number of amides is 1. The van der Waals surface area contributed by atoms with Gasteiger partial charge in [-0.3, -0.25) is 4.79 Å². The van der Waals surface area contributed by atoms with E-state index in [0.717, 1.165) is 12.1 Å². The fraction of sp³-hybridized carbons (Fsp3) is 0.280. The number of hydrogen-bond donors (Lipinski definition) is 1. The molecule has 4 nitrogen and oxygen atoms in total. The summed E-state index contributed by atoms with van der Waals surface area (Å²) in [4.78, 5) is 18.7. The van der Waals surface area contributed by atoms with E-state index in [1.54, 1.807) is 18.2 Å². The van der Waals surface area contributed by atoms with Crippen LogP contribution in [0.5, 0.6) is 0 Å². The maximum atomic E-state index is 14.4. The minimum Gasteiger partial charge on any atom is -0.382 e. The van der Waals surface area contributed by atoms with E-state index in [9.17, 15) is 35.5 Å². The number of rotatable bonds is 7. The Kier molecular flexibility index (Phi) is 8.98. The average molecular weight is 617 g/mol. The number of nitrogens with zero attached hydrogens (tertiary/aromatic N) is 2. The van der Waals surface area contributed by atoms with Gasteiger partial charge in [-0.25, -0.2) is 9.37 Å². The van der Waals surface area contributed by atoms with Crippen LogP contribution in [0.25, 0.3) is 0 Å². The second kappa shape index (κ2) is 11.4. The molecule has 0 saturated carbocycles. The van der Waals surface area contributed by atoms with Crippen molar-refractivity contribution in [2.24, 2.45) is 0 Å². The molecule has 1 heterocycles. The van der Waals surface area contributed by atoms with Crippen molar-refractivity contribution in [2.45, 2.75) is 37.9 Å². The summed E-state index contributed by atoms with van der Waals surface area (Å²) in [5.74, 6) is -0.593. The van der Waals surface area contributed by atoms with Crippen molar-refractivity contribution < 1.29 is 35.5 Å². The number of aromatic nitrogens is 1. The van der Waals surface area contributed by atoms with Crippen LogP contribution in [-0.2, 0) is 18.6 Å². The van der Waals surface area contributed by atoms with E-state index in [1.165, 1.54) is 17.9 Å². The lowest BCUT2D eigenvalue weighted by Crippen LogP contribution is -2.50. The van der Waals surface area contributed by atoms with Gasteiger partial charge in [0.25, 0.3) is 5.91 Å². The molecule has 2 N–H and O–H groups in total. The van der Waals surface area contributed by atoms with Gasteiger partial charge >= 0.3 is 18.0 Å². The van der Waals surface area contributed by atoms with E-state index in [1.807, 2.05) is 0 Å². The zero-order valence-electron chi connectivity index (χ0n) is 19.9. The molecule has 14 heteroatoms. The van der Waals surface area contributed by atoms with Crippen molar-refractivity contribution in [2.75, 3.05) is 12.3 Å². The summed E-state index contributed by atoms with van der Waals surface area (Å²) in [6, 6.07) is 8.69. The van der Waals surface area contributed by atoms with E-state index in [-0.39, 0.29) is 52.2 Å². The van der Waals surface area contributed by atoms with Crippen molar-refractivity contribution in [3.63, 3.8) is 0 Å². The second-order valence-corrected chi connectivity index (χ2v) is 9.79. The predicted octanol–water partition coefficient (Wildman–Crippen LogP) is 8.11. The maximum Gasteiger partial charge on any atom is 0.435 e. The molecule has 0 aliphatic carbocycles. The smallest absolute Gasteiger partial charge is 0.382 e. The Morgan fingerprint density at radius 3 is 1.95 bits per heavy atom. The van der Waals surface area contributed by atoms with Crippen molar-refractivity contribution in [1.82, 2.24) is 9.88 Å². The van der Waals surface area contributed by atoms with E-state index in [4.69, 9.17) is 40.5 Å². The summed E-state index contributed by atoms with van der Waals surface area (Å²) >= 11 is 18.0. The molecule has 210 valence electrons. The first-order chi connectivity index (χ1) is 18.0. The highest BCUT2D eigenvalue weighted by Crippen LogP contribution is 2.53. The van der Waals surface area contributed by atoms with Crippen molar-refractivity contribution in [3.8, 4) is 0 Å². The Morgan fingerprint density at radius 1 is 0.846 bits per heavy atom. The molecule has 0 saturated heterocycles. The monoisotopic (exact) mass is 615 g/mol. The third-order valence-electron chi connectivity index (χ3n) is 5.87. The molecule has 3 aromatic rings. The van der Waals surface area contributed by atoms with Gasteiger partial charge in [0, 0.05) is 18.7 Å². The Hall–Kier alpha value is -2.76. The normalized spacial score (nSPS) is 12.5. The maximum absolute atomic E-state index is 14.4. The molecule has 2 aromatic carbocycles. The van der Waals surface area contributed by atoms with Crippen LogP contribution >= 0.6 is 34.8 Å². The van der Waals surface area contributed by atoms with Gasteiger partial charge in [-0.1, -0.05) is 65.1 Å². The number of nitrogens with two attached hydrogens (primary N) is 1. The van der Waals surface area contributed by atoms with Gasteiger partial charge in [0.1, 0.15) is 5.82 Å². The van der Waals surface area contributed by atoms with E-state index in [2.05, 4.69) is 4.98 Å². The predicted molar refractivity (Wildman–Crippen MR) is 135 cm³/mol. The van der Waals surface area contributed by atoms with Gasteiger partial charge in [0.2, 0.25) is 0 Å². The number of hydrogen-bond acceptors (Lipinski definition) is 3. The number of halogens is 10. The Labute approximate surface area is 233 Å². The molecular formula is C25H19Cl3F7N3O. The number of benzene rings is 2. The standard InChI is InChI=1S/C25H19Cl3F7N3O/c1-13-17(11-20(28)21(36)37-13)22(39)38(9-8-14-4-7-18(26)19(27)10-14)12-15-2-5-16(6-3-15)23(29,24(30,31)32)25(33,34)35/h2-7,10-11H,8-9,12H2,1H3,(H2,36,37). The van der Waals surface area contributed by atoms with Gasteiger partial charge in [0.05, 0.1) is 26.3 Å². The number of pyridine rings is 1. The molecule has 0 radical (unpaired) electrons. The van der Waals surface area contributed by atoms with Crippen LogP contribution in [-0.4, -0.2) is 34.7 Å². The highest BCUT2D eigenvalue weighted by molar-refractivity contribution is 6.42. The molecule has 39 heavy (non-hydrogen) atoms. The molecule has 0 aliphatic rings. The lowest BCUT2D eigenvalue weighted by molar-refractivity contribution is -0.348. The number of alkyl halides is 7. The largest absolute Gasteiger partial charge is 0.435 e. The van der Waals surface area contributed by atoms with Crippen LogP contribution in [0.4, 0.5) is 36.6 Å². The van der Waals surface area contributed by atoms with Crippen molar-refractivity contribution in [3.05, 3.63) is 91.5 Å². The summed E-state index contributed by atoms with van der Waals surface area (Å²) in [6.07, 6.45) is -12.2. The molecule has 0 aliphatic heterocycles. The highest BCUT2D eigenvalue weighted by atomic mass is 35.5. The number of anilines is 1. The third kappa shape index (κ3) is 6.53. The molecule has 0 unspecified atom stereocenters. The number of carbonyl (C=O) groups excluding carboxylic acids is 1. The Bertz CT molecular complexity index is 1350. The van der Waals surface area contributed by atoms with Crippen LogP contribution in [0.15, 0.2) is 48.5 Å². The molecule has 1 amide bonds. The quantitative estimate of drug-likeness (QED) is 0.273. The summed E-state index contributed by atoms with van der Waals surface area (Å²) in [6.45, 7) is 1.30. The van der Waals surface area contributed by atoms with E-state index >= 15 is 0 Å². The Balaban J connectivity index is 1.95. The van der Waals surface area contributed by atoms with Crippen LogP contribution < -0.4 is 5.73 Å². The molecule has 0 spiro atoms. The number of carbonyl (C=O) groups is 1. The summed E-state index contributed by atoms with van der Waals surface area (Å²) in [7, 11) is 0. The summed E-state index contributed by atoms with van der Waals surface area (Å²) in [5.41, 5.74) is -0.360. The van der Waals surface area contributed by atoms with Gasteiger partial charge in [0.15, 0.2) is 0 Å². The zero-order chi connectivity index (χ0) is 29.3. The van der Waals surface area contributed by atoms with Gasteiger partial charge < -0.3 is 10.6 Å². The van der Waals surface area contributed by atoms with E-state index in [0.29, 0.717) is 22.7 Å². The zero-order valence-corrected chi connectivity index (χ0v) is 22.2. The van der Waals surface area contributed by atoms with Crippen molar-refractivity contribution >= 4 is 46.5 Å². The number of aryl methyl sites for hydroxylation is 1. The van der Waals surface area contributed by atoms with Crippen LogP contribution in [0.1, 0.15) is 32.7 Å². The van der Waals surface area contributed by atoms with Gasteiger partial charge in [-0.05, 0) is 42.7 Å². The first-order valence-corrected chi connectivity index (χ1v) is 12.2. The minimum atomic E-state index is -6.24. The SMILES string of the molecule is Cc1nc(N)c(Cl)cc1C(=O)N(CCc1ccc(Cl)c(Cl)c1)Cc1ccc(C(F)(C(F)(F)F)C(F)(F)F)cc1. The molecule has 1 aromatic heterocycles. The average Bonchev–Trinajstić information content (AvgIpc) is 2.84. The summed E-state index contributed by atoms with van der Waals surface area (Å²) in [5, 5.41) is 0.599. The molecule has 0 atom stereocenters. The third-order valence-corrected chi connectivity index (χ3v) is 6.91. The van der Waals surface area contributed by atoms with Crippen LogP contribution in [0.2, 0.25) is 15.1 Å². The second-order valence-electron chi connectivity index (χ2n) is 8.56. The lowest BCUT2D eigenvalue weighted by Gasteiger charge is -2.30. The molecule has 0 fully saturated rings. The first kappa shape index (κ1) is 30.8. The molecule has 3 rings (SSSR count). The fourth-order valence-corrected chi connectivity index (χ4v) is 4.22. The molecule has 0 bridgehead atoms. The van der Waals surface area contributed by atoms with Crippen LogP contribution in [0.3, 0.4) is 0 Å². The topological polar surface area (TPSA) is 59.2 Å². The lowest BCUT2D eigenvalue weighted by atomic mass is 9.93. The Morgan fingerprint density at radius 2 is 1.41 bits per heavy atom. The van der Waals surface area contributed by atoms with Gasteiger partial charge in [-0.15, -0.1) is 0 Å². The van der Waals surface area contributed by atoms with Gasteiger partial charge in [-0.2, -0.15) is 26.3 Å². The fourth-order valence-electron chi connectivity index (χ4n) is 3.75. The highest BCUT2D eigenvalue weighted by Gasteiger charge is 2.73. The van der Waals surface area contributed by atoms with Crippen LogP contribution in [0, 0.1) is 6.92 Å². The summed E-state index contributed by atoms with van der Waals surface area (Å²) < 4.78 is 93.1.